The highest BCUT2D eigenvalue weighted by molar-refractivity contribution is 7.17. The molecule has 11 heteroatoms. The summed E-state index contributed by atoms with van der Waals surface area (Å²) in [5.41, 5.74) is 5.04. The van der Waals surface area contributed by atoms with Crippen molar-refractivity contribution in [3.8, 4) is 5.75 Å². The first-order chi connectivity index (χ1) is 15.1. The first-order valence-corrected chi connectivity index (χ1v) is 11.3. The zero-order valence-corrected chi connectivity index (χ0v) is 19.6. The number of aliphatic hydroxyl groups excluding tert-OH is 1. The molecule has 0 fully saturated rings. The highest BCUT2D eigenvalue weighted by Crippen LogP contribution is 2.37. The molecule has 0 spiro atoms. The Morgan fingerprint density at radius 2 is 1.88 bits per heavy atom. The molecule has 2 unspecified atom stereocenters. The molecule has 2 aromatic carbocycles. The molecule has 2 rings (SSSR count). The lowest BCUT2D eigenvalue weighted by atomic mass is 9.93. The van der Waals surface area contributed by atoms with Gasteiger partial charge in [0.25, 0.3) is 0 Å². The average molecular weight is 513 g/mol. The van der Waals surface area contributed by atoms with Crippen LogP contribution in [0.15, 0.2) is 36.4 Å². The maximum absolute atomic E-state index is 13.6. The normalized spacial score (nSPS) is 13.8. The Morgan fingerprint density at radius 1 is 1.12 bits per heavy atom. The maximum atomic E-state index is 13.6. The standard InChI is InChI=1S/C21H24Cl2F3NO4P/c22-17-5-1-3-15(19(17)23)4-2-10-30-18-7-6-14(11-16(18)21(24,25)26)8-9-20(27,12-28)13-31-32-29/h1,3,5-7,11,28,32H,2,4,8-10,12-13,27H2/q+1. The van der Waals surface area contributed by atoms with Crippen LogP contribution < -0.4 is 10.5 Å². The van der Waals surface area contributed by atoms with Gasteiger partial charge in [-0.2, -0.15) is 13.2 Å². The van der Waals surface area contributed by atoms with Gasteiger partial charge >= 0.3 is 14.9 Å². The molecule has 176 valence electrons. The second-order valence-electron chi connectivity index (χ2n) is 7.39. The molecular weight excluding hydrogens is 489 g/mol. The molecule has 0 bridgehead atoms. The van der Waals surface area contributed by atoms with E-state index in [2.05, 4.69) is 0 Å². The van der Waals surface area contributed by atoms with Crippen molar-refractivity contribution in [2.45, 2.75) is 37.4 Å². The summed E-state index contributed by atoms with van der Waals surface area (Å²) in [7, 11) is -1.04. The number of ether oxygens (including phenoxy) is 1. The molecule has 3 N–H and O–H groups in total. The predicted octanol–water partition coefficient (Wildman–Crippen LogP) is 5.60. The Hall–Kier alpha value is -1.41. The number of alkyl halides is 3. The Labute approximate surface area is 195 Å². The molecule has 0 heterocycles. The van der Waals surface area contributed by atoms with Gasteiger partial charge in [0.1, 0.15) is 12.4 Å². The fourth-order valence-electron chi connectivity index (χ4n) is 3.03. The fourth-order valence-corrected chi connectivity index (χ4v) is 3.79. The maximum Gasteiger partial charge on any atom is 0.494 e. The Bertz CT molecular complexity index is 917. The second kappa shape index (κ2) is 12.2. The van der Waals surface area contributed by atoms with Crippen molar-refractivity contribution in [3.63, 3.8) is 0 Å². The zero-order chi connectivity index (χ0) is 23.8. The van der Waals surface area contributed by atoms with E-state index in [1.807, 2.05) is 0 Å². The van der Waals surface area contributed by atoms with Crippen LogP contribution in [-0.4, -0.2) is 30.5 Å². The van der Waals surface area contributed by atoms with Gasteiger partial charge in [0, 0.05) is 0 Å². The van der Waals surface area contributed by atoms with Crippen LogP contribution >= 0.6 is 31.9 Å². The lowest BCUT2D eigenvalue weighted by molar-refractivity contribution is -0.139. The van der Waals surface area contributed by atoms with Gasteiger partial charge in [0.2, 0.25) is 0 Å². The first kappa shape index (κ1) is 26.8. The summed E-state index contributed by atoms with van der Waals surface area (Å²) in [6.07, 6.45) is -3.34. The first-order valence-electron chi connectivity index (χ1n) is 9.74. The van der Waals surface area contributed by atoms with Crippen LogP contribution in [-0.2, 0) is 28.1 Å². The summed E-state index contributed by atoms with van der Waals surface area (Å²) in [4.78, 5) is 0. The molecular formula is C21H24Cl2F3NO4P+. The number of hydrogen-bond acceptors (Lipinski definition) is 5. The molecule has 32 heavy (non-hydrogen) atoms. The minimum absolute atomic E-state index is 0.0645. The SMILES string of the molecule is NC(CO)(CCc1ccc(OCCCc2cccc(Cl)c2Cl)c(C(F)(F)F)c1)CO[PH+]=O. The number of aryl methyl sites for hydroxylation is 2. The van der Waals surface area contributed by atoms with Gasteiger partial charge in [-0.15, -0.1) is 4.52 Å². The van der Waals surface area contributed by atoms with E-state index in [-0.39, 0.29) is 31.8 Å². The number of hydrogen-bond donors (Lipinski definition) is 2. The van der Waals surface area contributed by atoms with Gasteiger partial charge in [-0.25, -0.2) is 0 Å². The third-order valence-electron chi connectivity index (χ3n) is 4.87. The van der Waals surface area contributed by atoms with E-state index >= 15 is 0 Å². The molecule has 0 aliphatic rings. The lowest BCUT2D eigenvalue weighted by Gasteiger charge is -2.24. The highest BCUT2D eigenvalue weighted by atomic mass is 35.5. The Morgan fingerprint density at radius 3 is 2.53 bits per heavy atom. The van der Waals surface area contributed by atoms with Crippen LogP contribution in [0.5, 0.6) is 5.75 Å². The molecule has 0 saturated carbocycles. The molecule has 0 aliphatic carbocycles. The molecule has 5 nitrogen and oxygen atoms in total. The van der Waals surface area contributed by atoms with E-state index in [1.165, 1.54) is 12.1 Å². The van der Waals surface area contributed by atoms with Gasteiger partial charge in [-0.1, -0.05) is 41.4 Å². The van der Waals surface area contributed by atoms with Gasteiger partial charge in [-0.3, -0.25) is 0 Å². The van der Waals surface area contributed by atoms with E-state index in [1.54, 1.807) is 18.2 Å². The molecule has 0 aliphatic heterocycles. The molecule has 2 atom stereocenters. The molecule has 0 amide bonds. The summed E-state index contributed by atoms with van der Waals surface area (Å²) in [6, 6.07) is 9.02. The van der Waals surface area contributed by atoms with Gasteiger partial charge in [0.05, 0.1) is 34.4 Å². The number of benzene rings is 2. The number of nitrogens with two attached hydrogens (primary N) is 1. The van der Waals surface area contributed by atoms with E-state index in [0.717, 1.165) is 11.6 Å². The van der Waals surface area contributed by atoms with Gasteiger partial charge in [0.15, 0.2) is 0 Å². The van der Waals surface area contributed by atoms with E-state index in [0.29, 0.717) is 28.5 Å². The lowest BCUT2D eigenvalue weighted by Crippen LogP contribution is -2.47. The smallest absolute Gasteiger partial charge is 0.493 e. The summed E-state index contributed by atoms with van der Waals surface area (Å²) >= 11 is 12.1. The third kappa shape index (κ3) is 7.87. The number of halogens is 5. The summed E-state index contributed by atoms with van der Waals surface area (Å²) in [5, 5.41) is 10.3. The highest BCUT2D eigenvalue weighted by Gasteiger charge is 2.35. The van der Waals surface area contributed by atoms with Crippen LogP contribution in [0.2, 0.25) is 10.0 Å². The van der Waals surface area contributed by atoms with Gasteiger partial charge < -0.3 is 15.6 Å². The summed E-state index contributed by atoms with van der Waals surface area (Å²) in [5.74, 6) is -0.268. The quantitative estimate of drug-likeness (QED) is 0.285. The predicted molar refractivity (Wildman–Crippen MR) is 119 cm³/mol. The van der Waals surface area contributed by atoms with Crippen molar-refractivity contribution in [1.82, 2.24) is 0 Å². The Kier molecular flexibility index (Phi) is 10.2. The van der Waals surface area contributed by atoms with Crippen LogP contribution in [0.4, 0.5) is 13.2 Å². The summed E-state index contributed by atoms with van der Waals surface area (Å²) in [6.45, 7) is -0.564. The minimum Gasteiger partial charge on any atom is -0.493 e. The average Bonchev–Trinajstić information content (AvgIpc) is 2.76. The van der Waals surface area contributed by atoms with Crippen molar-refractivity contribution >= 4 is 31.9 Å². The van der Waals surface area contributed by atoms with Crippen molar-refractivity contribution in [2.24, 2.45) is 5.73 Å². The third-order valence-corrected chi connectivity index (χ3v) is 5.99. The second-order valence-corrected chi connectivity index (χ2v) is 8.63. The van der Waals surface area contributed by atoms with E-state index < -0.39 is 32.6 Å². The van der Waals surface area contributed by atoms with Crippen molar-refractivity contribution in [3.05, 3.63) is 63.1 Å². The fraction of sp³-hybridized carbons (Fsp3) is 0.429. The van der Waals surface area contributed by atoms with Gasteiger partial charge in [-0.05, 0) is 59.6 Å². The number of aliphatic hydroxyl groups is 1. The molecule has 0 saturated heterocycles. The molecule has 0 aromatic heterocycles. The molecule has 0 radical (unpaired) electrons. The topological polar surface area (TPSA) is 81.8 Å². The van der Waals surface area contributed by atoms with Crippen molar-refractivity contribution in [2.75, 3.05) is 19.8 Å². The van der Waals surface area contributed by atoms with Crippen molar-refractivity contribution < 1.29 is 32.1 Å². The van der Waals surface area contributed by atoms with Crippen molar-refractivity contribution in [1.29, 1.82) is 0 Å². The van der Waals surface area contributed by atoms with Crippen LogP contribution in [0.3, 0.4) is 0 Å². The van der Waals surface area contributed by atoms with Crippen LogP contribution in [0.25, 0.3) is 0 Å². The van der Waals surface area contributed by atoms with Crippen LogP contribution in [0.1, 0.15) is 29.5 Å². The minimum atomic E-state index is -4.61. The summed E-state index contributed by atoms with van der Waals surface area (Å²) < 4.78 is 61.4. The number of rotatable bonds is 12. The molecule has 2 aromatic rings. The van der Waals surface area contributed by atoms with E-state index in [4.69, 9.17) is 38.2 Å². The Balaban J connectivity index is 2.03. The largest absolute Gasteiger partial charge is 0.494 e. The van der Waals surface area contributed by atoms with E-state index in [9.17, 15) is 22.8 Å². The van der Waals surface area contributed by atoms with Crippen LogP contribution in [0, 0.1) is 0 Å². The zero-order valence-electron chi connectivity index (χ0n) is 17.1. The monoisotopic (exact) mass is 512 g/mol.